The Morgan fingerprint density at radius 3 is 2.50 bits per heavy atom. The number of hydrogen-bond acceptors (Lipinski definition) is 9. The SMILES string of the molecule is COc1ccc(-c2sc(NC(=O)CC3CCCC3)nc2C)cc1S(=O)(=O)Nc1ccc(C#N)cc1OC(=O)C(F)(F)F. The average molecular weight is 623 g/mol. The van der Waals surface area contributed by atoms with Gasteiger partial charge in [-0.05, 0) is 61.6 Å². The van der Waals surface area contributed by atoms with Crippen LogP contribution in [0.5, 0.6) is 11.5 Å². The van der Waals surface area contributed by atoms with E-state index in [0.29, 0.717) is 33.6 Å². The monoisotopic (exact) mass is 622 g/mol. The molecule has 3 aromatic rings. The number of aryl methyl sites for hydroxylation is 1. The molecule has 2 aromatic carbocycles. The normalized spacial score (nSPS) is 13.8. The summed E-state index contributed by atoms with van der Waals surface area (Å²) in [5.74, 6) is -3.29. The molecular weight excluding hydrogens is 597 g/mol. The number of methoxy groups -OCH3 is 1. The summed E-state index contributed by atoms with van der Waals surface area (Å²) in [6, 6.07) is 8.90. The molecule has 2 N–H and O–H groups in total. The molecule has 1 amide bonds. The molecule has 10 nitrogen and oxygen atoms in total. The molecule has 0 spiro atoms. The number of thiazole rings is 1. The standard InChI is InChI=1S/C27H25F3N4O6S2/c1-15-24(41-26(32-15)33-23(35)12-16-5-3-4-6-16)18-8-10-20(39-2)22(13-18)42(37,38)34-19-9-7-17(14-31)11-21(19)40-25(36)27(28,29)30/h7-11,13,16,34H,3-6,12H2,1-2H3,(H,32,33,35). The van der Waals surface area contributed by atoms with Crippen LogP contribution in [0.4, 0.5) is 24.0 Å². The van der Waals surface area contributed by atoms with E-state index in [1.54, 1.807) is 19.1 Å². The van der Waals surface area contributed by atoms with Crippen molar-refractivity contribution < 1.29 is 40.7 Å². The molecule has 4 rings (SSSR count). The topological polar surface area (TPSA) is 147 Å². The van der Waals surface area contributed by atoms with Crippen LogP contribution in [0.3, 0.4) is 0 Å². The van der Waals surface area contributed by atoms with Crippen molar-refractivity contribution in [1.82, 2.24) is 4.98 Å². The van der Waals surface area contributed by atoms with Gasteiger partial charge < -0.3 is 14.8 Å². The van der Waals surface area contributed by atoms with Crippen molar-refractivity contribution in [3.05, 3.63) is 47.7 Å². The third-order valence-electron chi connectivity index (χ3n) is 6.50. The van der Waals surface area contributed by atoms with Crippen LogP contribution in [0.2, 0.25) is 0 Å². The molecule has 1 fully saturated rings. The number of rotatable bonds is 9. The molecule has 1 heterocycles. The largest absolute Gasteiger partial charge is 0.495 e. The number of anilines is 2. The molecule has 42 heavy (non-hydrogen) atoms. The van der Waals surface area contributed by atoms with Gasteiger partial charge in [-0.3, -0.25) is 9.52 Å². The molecule has 1 aliphatic carbocycles. The third-order valence-corrected chi connectivity index (χ3v) is 9.00. The van der Waals surface area contributed by atoms with Gasteiger partial charge in [-0.25, -0.2) is 18.2 Å². The number of sulfonamides is 1. The highest BCUT2D eigenvalue weighted by atomic mass is 32.2. The summed E-state index contributed by atoms with van der Waals surface area (Å²) in [6.45, 7) is 1.70. The van der Waals surface area contributed by atoms with Crippen molar-refractivity contribution in [2.24, 2.45) is 5.92 Å². The number of hydrogen-bond donors (Lipinski definition) is 2. The maximum absolute atomic E-state index is 13.5. The van der Waals surface area contributed by atoms with Crippen LogP contribution in [0, 0.1) is 24.2 Å². The Kier molecular flexibility index (Phi) is 9.07. The molecule has 1 aromatic heterocycles. The quantitative estimate of drug-likeness (QED) is 0.225. The second-order valence-corrected chi connectivity index (χ2v) is 12.2. The predicted octanol–water partition coefficient (Wildman–Crippen LogP) is 5.79. The summed E-state index contributed by atoms with van der Waals surface area (Å²) >= 11 is 1.16. The lowest BCUT2D eigenvalue weighted by molar-refractivity contribution is -0.189. The van der Waals surface area contributed by atoms with Gasteiger partial charge in [0.2, 0.25) is 5.91 Å². The number of esters is 1. The molecule has 0 unspecified atom stereocenters. The van der Waals surface area contributed by atoms with E-state index in [1.165, 1.54) is 19.2 Å². The summed E-state index contributed by atoms with van der Waals surface area (Å²) in [5.41, 5.74) is 0.270. The number of aromatic nitrogens is 1. The Hall–Kier alpha value is -4.16. The summed E-state index contributed by atoms with van der Waals surface area (Å²) in [7, 11) is -3.32. The van der Waals surface area contributed by atoms with Gasteiger partial charge in [0.25, 0.3) is 10.0 Å². The van der Waals surface area contributed by atoms with Crippen LogP contribution in [0.1, 0.15) is 43.4 Å². The Morgan fingerprint density at radius 2 is 1.86 bits per heavy atom. The van der Waals surface area contributed by atoms with E-state index in [1.807, 2.05) is 0 Å². The van der Waals surface area contributed by atoms with Gasteiger partial charge in [0.15, 0.2) is 10.9 Å². The number of amides is 1. The highest BCUT2D eigenvalue weighted by Crippen LogP contribution is 2.38. The molecule has 222 valence electrons. The zero-order valence-corrected chi connectivity index (χ0v) is 24.0. The Labute approximate surface area is 243 Å². The van der Waals surface area contributed by atoms with Crippen LogP contribution in [-0.4, -0.2) is 38.6 Å². The van der Waals surface area contributed by atoms with Gasteiger partial charge in [0.1, 0.15) is 10.6 Å². The highest BCUT2D eigenvalue weighted by Gasteiger charge is 2.42. The lowest BCUT2D eigenvalue weighted by Gasteiger charge is -2.16. The number of halogens is 3. The maximum Gasteiger partial charge on any atom is 0.491 e. The van der Waals surface area contributed by atoms with Crippen LogP contribution in [-0.2, 0) is 19.6 Å². The molecular formula is C27H25F3N4O6S2. The van der Waals surface area contributed by atoms with Gasteiger partial charge in [-0.1, -0.05) is 24.2 Å². The summed E-state index contributed by atoms with van der Waals surface area (Å²) in [5, 5.41) is 12.3. The number of alkyl halides is 3. The summed E-state index contributed by atoms with van der Waals surface area (Å²) < 4.78 is 77.1. The van der Waals surface area contributed by atoms with E-state index >= 15 is 0 Å². The van der Waals surface area contributed by atoms with E-state index in [-0.39, 0.29) is 22.1 Å². The summed E-state index contributed by atoms with van der Waals surface area (Å²) in [6.07, 6.45) is -0.705. The third kappa shape index (κ3) is 7.18. The minimum Gasteiger partial charge on any atom is -0.495 e. The Morgan fingerprint density at radius 1 is 1.14 bits per heavy atom. The zero-order valence-electron chi connectivity index (χ0n) is 22.4. The number of nitrogens with zero attached hydrogens (tertiary/aromatic N) is 2. The first kappa shape index (κ1) is 30.8. The van der Waals surface area contributed by atoms with Crippen molar-refractivity contribution >= 4 is 44.1 Å². The molecule has 1 saturated carbocycles. The van der Waals surface area contributed by atoms with E-state index in [2.05, 4.69) is 19.8 Å². The molecule has 0 saturated heterocycles. The molecule has 0 radical (unpaired) electrons. The minimum absolute atomic E-state index is 0.0824. The van der Waals surface area contributed by atoms with E-state index in [0.717, 1.165) is 55.2 Å². The lowest BCUT2D eigenvalue weighted by Crippen LogP contribution is -2.28. The molecule has 0 aliphatic heterocycles. The lowest BCUT2D eigenvalue weighted by atomic mass is 10.0. The van der Waals surface area contributed by atoms with Crippen molar-refractivity contribution in [2.45, 2.75) is 50.1 Å². The number of ether oxygens (including phenoxy) is 2. The maximum atomic E-state index is 13.5. The summed E-state index contributed by atoms with van der Waals surface area (Å²) in [4.78, 5) is 28.5. The number of carbonyl (C=O) groups excluding carboxylic acids is 2. The van der Waals surface area contributed by atoms with Gasteiger partial charge in [-0.15, -0.1) is 0 Å². The number of nitriles is 1. The van der Waals surface area contributed by atoms with E-state index in [9.17, 15) is 31.2 Å². The van der Waals surface area contributed by atoms with Crippen molar-refractivity contribution in [1.29, 1.82) is 5.26 Å². The number of carbonyl (C=O) groups is 2. The molecule has 0 atom stereocenters. The van der Waals surface area contributed by atoms with Crippen molar-refractivity contribution in [3.8, 4) is 28.0 Å². The van der Waals surface area contributed by atoms with Gasteiger partial charge >= 0.3 is 12.1 Å². The van der Waals surface area contributed by atoms with Crippen LogP contribution in [0.25, 0.3) is 10.4 Å². The number of benzene rings is 2. The smallest absolute Gasteiger partial charge is 0.491 e. The van der Waals surface area contributed by atoms with E-state index < -0.39 is 33.6 Å². The Balaban J connectivity index is 1.63. The van der Waals surface area contributed by atoms with Crippen molar-refractivity contribution in [2.75, 3.05) is 17.1 Å². The van der Waals surface area contributed by atoms with Crippen LogP contribution < -0.4 is 19.5 Å². The molecule has 1 aliphatic rings. The second-order valence-electron chi connectivity index (χ2n) is 9.52. The first-order valence-corrected chi connectivity index (χ1v) is 14.9. The fraction of sp³-hybridized carbons (Fsp3) is 0.333. The fourth-order valence-electron chi connectivity index (χ4n) is 4.51. The predicted molar refractivity (Wildman–Crippen MR) is 148 cm³/mol. The minimum atomic E-state index is -5.36. The van der Waals surface area contributed by atoms with Crippen LogP contribution in [0.15, 0.2) is 41.3 Å². The zero-order chi connectivity index (χ0) is 30.7. The van der Waals surface area contributed by atoms with Crippen molar-refractivity contribution in [3.63, 3.8) is 0 Å². The highest BCUT2D eigenvalue weighted by molar-refractivity contribution is 7.92. The molecule has 0 bridgehead atoms. The number of nitrogens with one attached hydrogen (secondary N) is 2. The fourth-order valence-corrected chi connectivity index (χ4v) is 6.76. The average Bonchev–Trinajstić information content (AvgIpc) is 3.57. The second kappa shape index (κ2) is 12.4. The van der Waals surface area contributed by atoms with Crippen LogP contribution >= 0.6 is 11.3 Å². The first-order chi connectivity index (χ1) is 19.8. The molecule has 15 heteroatoms. The Bertz CT molecular complexity index is 1660. The van der Waals surface area contributed by atoms with Gasteiger partial charge in [0, 0.05) is 12.5 Å². The van der Waals surface area contributed by atoms with Gasteiger partial charge in [-0.2, -0.15) is 18.4 Å². The van der Waals surface area contributed by atoms with E-state index in [4.69, 9.17) is 10.00 Å². The van der Waals surface area contributed by atoms with Gasteiger partial charge in [0.05, 0.1) is 35.0 Å². The first-order valence-electron chi connectivity index (χ1n) is 12.6.